The van der Waals surface area contributed by atoms with Crippen LogP contribution in [0.15, 0.2) is 40.9 Å². The lowest BCUT2D eigenvalue weighted by molar-refractivity contribution is 0.290. The summed E-state index contributed by atoms with van der Waals surface area (Å²) < 4.78 is 19.6. The van der Waals surface area contributed by atoms with Gasteiger partial charge in [-0.2, -0.15) is 0 Å². The molecule has 2 nitrogen and oxygen atoms in total. The molecular formula is C13H10BrClFNO. The first-order chi connectivity index (χ1) is 8.56. The molecule has 2 aromatic rings. The van der Waals surface area contributed by atoms with Crippen molar-refractivity contribution in [3.8, 4) is 5.75 Å². The second-order valence-electron chi connectivity index (χ2n) is 3.72. The topological polar surface area (TPSA) is 35.2 Å². The summed E-state index contributed by atoms with van der Waals surface area (Å²) in [6.45, 7) is 0.231. The lowest BCUT2D eigenvalue weighted by Gasteiger charge is -2.08. The van der Waals surface area contributed by atoms with Crippen LogP contribution in [0.3, 0.4) is 0 Å². The Labute approximate surface area is 118 Å². The van der Waals surface area contributed by atoms with E-state index in [4.69, 9.17) is 22.1 Å². The van der Waals surface area contributed by atoms with Gasteiger partial charge < -0.3 is 10.5 Å². The summed E-state index contributed by atoms with van der Waals surface area (Å²) in [5.74, 6) is -0.210. The molecule has 0 heterocycles. The summed E-state index contributed by atoms with van der Waals surface area (Å²) in [4.78, 5) is 0. The fourth-order valence-electron chi connectivity index (χ4n) is 1.43. The lowest BCUT2D eigenvalue weighted by Crippen LogP contribution is -1.98. The van der Waals surface area contributed by atoms with E-state index in [1.165, 1.54) is 6.07 Å². The molecule has 2 aromatic carbocycles. The van der Waals surface area contributed by atoms with E-state index in [0.717, 1.165) is 10.0 Å². The zero-order valence-corrected chi connectivity index (χ0v) is 11.6. The van der Waals surface area contributed by atoms with Crippen molar-refractivity contribution in [2.45, 2.75) is 6.61 Å². The average Bonchev–Trinajstić information content (AvgIpc) is 2.34. The molecule has 0 saturated carbocycles. The van der Waals surface area contributed by atoms with E-state index in [9.17, 15) is 4.39 Å². The van der Waals surface area contributed by atoms with Crippen LogP contribution in [0.5, 0.6) is 5.75 Å². The van der Waals surface area contributed by atoms with E-state index in [1.54, 1.807) is 30.3 Å². The van der Waals surface area contributed by atoms with Crippen molar-refractivity contribution in [2.24, 2.45) is 0 Å². The standard InChI is InChI=1S/C13H10BrClFNO/c14-9-2-4-11(16)13(6-9)18-7-8-1-3-10(15)12(17)5-8/h1-6H,7,17H2. The summed E-state index contributed by atoms with van der Waals surface area (Å²) in [7, 11) is 0. The van der Waals surface area contributed by atoms with Gasteiger partial charge in [0.15, 0.2) is 11.6 Å². The first kappa shape index (κ1) is 13.2. The van der Waals surface area contributed by atoms with E-state index < -0.39 is 5.82 Å². The first-order valence-corrected chi connectivity index (χ1v) is 6.35. The second-order valence-corrected chi connectivity index (χ2v) is 5.04. The predicted octanol–water partition coefficient (Wildman–Crippen LogP) is 4.40. The van der Waals surface area contributed by atoms with Crippen LogP contribution in [0.4, 0.5) is 10.1 Å². The van der Waals surface area contributed by atoms with Gasteiger partial charge in [-0.05, 0) is 35.9 Å². The maximum absolute atomic E-state index is 13.4. The zero-order chi connectivity index (χ0) is 13.1. The molecule has 18 heavy (non-hydrogen) atoms. The van der Waals surface area contributed by atoms with Gasteiger partial charge in [0.05, 0.1) is 10.7 Å². The van der Waals surface area contributed by atoms with E-state index in [2.05, 4.69) is 15.9 Å². The van der Waals surface area contributed by atoms with Crippen LogP contribution >= 0.6 is 27.5 Å². The van der Waals surface area contributed by atoms with Gasteiger partial charge in [0.25, 0.3) is 0 Å². The molecular weight excluding hydrogens is 321 g/mol. The third-order valence-corrected chi connectivity index (χ3v) is 3.19. The van der Waals surface area contributed by atoms with E-state index in [1.807, 2.05) is 0 Å². The van der Waals surface area contributed by atoms with E-state index >= 15 is 0 Å². The molecule has 0 aliphatic rings. The van der Waals surface area contributed by atoms with Gasteiger partial charge in [0, 0.05) is 4.47 Å². The summed E-state index contributed by atoms with van der Waals surface area (Å²) >= 11 is 9.07. The number of ether oxygens (including phenoxy) is 1. The van der Waals surface area contributed by atoms with Gasteiger partial charge in [-0.25, -0.2) is 4.39 Å². The summed E-state index contributed by atoms with van der Waals surface area (Å²) in [6, 6.07) is 9.71. The highest BCUT2D eigenvalue weighted by atomic mass is 79.9. The van der Waals surface area contributed by atoms with Crippen LogP contribution in [0.2, 0.25) is 5.02 Å². The highest BCUT2D eigenvalue weighted by molar-refractivity contribution is 9.10. The number of hydrogen-bond acceptors (Lipinski definition) is 2. The van der Waals surface area contributed by atoms with Gasteiger partial charge in [0.2, 0.25) is 0 Å². The predicted molar refractivity (Wildman–Crippen MR) is 74.3 cm³/mol. The number of nitrogen functional groups attached to an aromatic ring is 1. The number of nitrogens with two attached hydrogens (primary N) is 1. The van der Waals surface area contributed by atoms with Crippen molar-refractivity contribution < 1.29 is 9.13 Å². The molecule has 0 aromatic heterocycles. The van der Waals surface area contributed by atoms with Gasteiger partial charge in [-0.15, -0.1) is 0 Å². The largest absolute Gasteiger partial charge is 0.486 e. The molecule has 2 N–H and O–H groups in total. The molecule has 0 bridgehead atoms. The van der Waals surface area contributed by atoms with Crippen molar-refractivity contribution in [3.05, 3.63) is 57.3 Å². The van der Waals surface area contributed by atoms with Gasteiger partial charge >= 0.3 is 0 Å². The Bertz CT molecular complexity index is 577. The smallest absolute Gasteiger partial charge is 0.165 e. The Morgan fingerprint density at radius 3 is 2.72 bits per heavy atom. The summed E-state index contributed by atoms with van der Waals surface area (Å²) in [5.41, 5.74) is 6.98. The third kappa shape index (κ3) is 3.15. The van der Waals surface area contributed by atoms with Crippen LogP contribution < -0.4 is 10.5 Å². The summed E-state index contributed by atoms with van der Waals surface area (Å²) in [6.07, 6.45) is 0. The minimum atomic E-state index is -0.403. The number of benzene rings is 2. The van der Waals surface area contributed by atoms with Crippen LogP contribution in [-0.4, -0.2) is 0 Å². The van der Waals surface area contributed by atoms with Gasteiger partial charge in [-0.1, -0.05) is 33.6 Å². The minimum Gasteiger partial charge on any atom is -0.486 e. The molecule has 0 fully saturated rings. The van der Waals surface area contributed by atoms with E-state index in [-0.39, 0.29) is 12.4 Å². The molecule has 0 saturated heterocycles. The second kappa shape index (κ2) is 5.59. The van der Waals surface area contributed by atoms with Crippen molar-refractivity contribution in [1.82, 2.24) is 0 Å². The van der Waals surface area contributed by atoms with Crippen molar-refractivity contribution >= 4 is 33.2 Å². The minimum absolute atomic E-state index is 0.192. The molecule has 0 spiro atoms. The fourth-order valence-corrected chi connectivity index (χ4v) is 1.89. The molecule has 2 rings (SSSR count). The summed E-state index contributed by atoms with van der Waals surface area (Å²) in [5, 5.41) is 0.493. The lowest BCUT2D eigenvalue weighted by atomic mass is 10.2. The van der Waals surface area contributed by atoms with Crippen molar-refractivity contribution in [3.63, 3.8) is 0 Å². The Morgan fingerprint density at radius 2 is 2.00 bits per heavy atom. The Balaban J connectivity index is 2.11. The molecule has 0 atom stereocenters. The normalized spacial score (nSPS) is 10.4. The monoisotopic (exact) mass is 329 g/mol. The van der Waals surface area contributed by atoms with Crippen molar-refractivity contribution in [1.29, 1.82) is 0 Å². The molecule has 0 unspecified atom stereocenters. The molecule has 0 radical (unpaired) electrons. The third-order valence-electron chi connectivity index (χ3n) is 2.35. The highest BCUT2D eigenvalue weighted by Gasteiger charge is 2.05. The maximum Gasteiger partial charge on any atom is 0.165 e. The average molecular weight is 331 g/mol. The molecule has 0 amide bonds. The van der Waals surface area contributed by atoms with Gasteiger partial charge in [0.1, 0.15) is 6.61 Å². The van der Waals surface area contributed by atoms with Crippen LogP contribution in [0, 0.1) is 5.82 Å². The van der Waals surface area contributed by atoms with Crippen LogP contribution in [0.25, 0.3) is 0 Å². The van der Waals surface area contributed by atoms with E-state index in [0.29, 0.717) is 10.7 Å². The maximum atomic E-state index is 13.4. The fraction of sp³-hybridized carbons (Fsp3) is 0.0769. The van der Waals surface area contributed by atoms with Crippen LogP contribution in [0.1, 0.15) is 5.56 Å². The number of halogens is 3. The molecule has 94 valence electrons. The first-order valence-electron chi connectivity index (χ1n) is 5.18. The van der Waals surface area contributed by atoms with Crippen molar-refractivity contribution in [2.75, 3.05) is 5.73 Å². The zero-order valence-electron chi connectivity index (χ0n) is 9.29. The quantitative estimate of drug-likeness (QED) is 0.846. The molecule has 5 heteroatoms. The number of hydrogen-bond donors (Lipinski definition) is 1. The van der Waals surface area contributed by atoms with Crippen LogP contribution in [-0.2, 0) is 6.61 Å². The molecule has 0 aliphatic heterocycles. The Hall–Kier alpha value is -1.26. The van der Waals surface area contributed by atoms with Gasteiger partial charge in [-0.3, -0.25) is 0 Å². The Morgan fingerprint density at radius 1 is 1.22 bits per heavy atom. The molecule has 0 aliphatic carbocycles. The number of rotatable bonds is 3. The highest BCUT2D eigenvalue weighted by Crippen LogP contribution is 2.24. The number of anilines is 1. The Kier molecular flexibility index (Phi) is 4.09. The SMILES string of the molecule is Nc1cc(COc2cc(Br)ccc2F)ccc1Cl.